The van der Waals surface area contributed by atoms with Gasteiger partial charge in [-0.05, 0) is 36.8 Å². The predicted molar refractivity (Wildman–Crippen MR) is 107 cm³/mol. The van der Waals surface area contributed by atoms with E-state index in [-0.39, 0.29) is 0 Å². The van der Waals surface area contributed by atoms with Crippen LogP contribution in [0.15, 0.2) is 41.5 Å². The number of pyridine rings is 1. The average Bonchev–Trinajstić information content (AvgIpc) is 2.71. The van der Waals surface area contributed by atoms with E-state index in [0.717, 1.165) is 30.2 Å². The first-order valence-corrected chi connectivity index (χ1v) is 8.93. The standard InChI is InChI=1S/C20H28N4O3/c1-5-27-19-17(25-3)12-15(13-18(19)26-4)14-24-20(21-2)23-11-9-16-8-6-7-10-22-16/h6-8,10,12-13H,5,9,11,14H2,1-4H3,(H2,21,23,24). The lowest BCUT2D eigenvalue weighted by Gasteiger charge is -2.16. The Hall–Kier alpha value is -2.96. The number of hydrogen-bond donors (Lipinski definition) is 2. The van der Waals surface area contributed by atoms with Crippen molar-refractivity contribution in [1.82, 2.24) is 15.6 Å². The molecule has 0 radical (unpaired) electrons. The van der Waals surface area contributed by atoms with Gasteiger partial charge in [0, 0.05) is 38.4 Å². The molecule has 0 saturated heterocycles. The van der Waals surface area contributed by atoms with Gasteiger partial charge in [0.15, 0.2) is 17.5 Å². The van der Waals surface area contributed by atoms with Crippen molar-refractivity contribution in [3.63, 3.8) is 0 Å². The topological polar surface area (TPSA) is 77.0 Å². The molecule has 0 aliphatic heterocycles. The Bertz CT molecular complexity index is 710. The fraction of sp³-hybridized carbons (Fsp3) is 0.400. The molecular weight excluding hydrogens is 344 g/mol. The summed E-state index contributed by atoms with van der Waals surface area (Å²) in [4.78, 5) is 8.57. The molecular formula is C20H28N4O3. The van der Waals surface area contributed by atoms with Crippen LogP contribution in [0.25, 0.3) is 0 Å². The van der Waals surface area contributed by atoms with Crippen LogP contribution >= 0.6 is 0 Å². The van der Waals surface area contributed by atoms with Crippen LogP contribution in [0.3, 0.4) is 0 Å². The third-order valence-corrected chi connectivity index (χ3v) is 3.89. The molecule has 1 aromatic carbocycles. The number of guanidine groups is 1. The molecule has 0 fully saturated rings. The van der Waals surface area contributed by atoms with Gasteiger partial charge in [-0.3, -0.25) is 9.98 Å². The zero-order valence-electron chi connectivity index (χ0n) is 16.4. The van der Waals surface area contributed by atoms with Crippen molar-refractivity contribution in [2.75, 3.05) is 34.4 Å². The minimum Gasteiger partial charge on any atom is -0.493 e. The lowest BCUT2D eigenvalue weighted by Crippen LogP contribution is -2.37. The summed E-state index contributed by atoms with van der Waals surface area (Å²) in [6, 6.07) is 9.78. The monoisotopic (exact) mass is 372 g/mol. The molecule has 0 amide bonds. The minimum atomic E-state index is 0.539. The van der Waals surface area contributed by atoms with Crippen molar-refractivity contribution in [2.24, 2.45) is 4.99 Å². The smallest absolute Gasteiger partial charge is 0.203 e. The Kier molecular flexibility index (Phi) is 8.22. The number of nitrogens with zero attached hydrogens (tertiary/aromatic N) is 2. The van der Waals surface area contributed by atoms with Crippen molar-refractivity contribution in [2.45, 2.75) is 19.9 Å². The highest BCUT2D eigenvalue weighted by Gasteiger charge is 2.14. The molecule has 0 unspecified atom stereocenters. The van der Waals surface area contributed by atoms with E-state index in [4.69, 9.17) is 14.2 Å². The van der Waals surface area contributed by atoms with Gasteiger partial charge in [0.1, 0.15) is 0 Å². The van der Waals surface area contributed by atoms with Gasteiger partial charge in [0.25, 0.3) is 0 Å². The van der Waals surface area contributed by atoms with E-state index in [1.54, 1.807) is 27.5 Å². The average molecular weight is 372 g/mol. The summed E-state index contributed by atoms with van der Waals surface area (Å²) in [5, 5.41) is 6.58. The summed E-state index contributed by atoms with van der Waals surface area (Å²) < 4.78 is 16.5. The molecule has 1 heterocycles. The quantitative estimate of drug-likeness (QED) is 0.520. The molecule has 7 nitrogen and oxygen atoms in total. The van der Waals surface area contributed by atoms with Gasteiger partial charge in [-0.15, -0.1) is 0 Å². The number of nitrogens with one attached hydrogen (secondary N) is 2. The van der Waals surface area contributed by atoms with E-state index in [1.807, 2.05) is 37.3 Å². The van der Waals surface area contributed by atoms with Crippen molar-refractivity contribution < 1.29 is 14.2 Å². The lowest BCUT2D eigenvalue weighted by molar-refractivity contribution is 0.288. The largest absolute Gasteiger partial charge is 0.493 e. The first-order chi connectivity index (χ1) is 13.2. The summed E-state index contributed by atoms with van der Waals surface area (Å²) in [7, 11) is 4.98. The second-order valence-electron chi connectivity index (χ2n) is 5.69. The SMILES string of the molecule is CCOc1c(OC)cc(CNC(=NC)NCCc2ccccn2)cc1OC. The van der Waals surface area contributed by atoms with Crippen LogP contribution in [0.2, 0.25) is 0 Å². The number of aliphatic imine (C=N–C) groups is 1. The number of methoxy groups -OCH3 is 2. The molecule has 0 atom stereocenters. The van der Waals surface area contributed by atoms with Gasteiger partial charge in [0.2, 0.25) is 5.75 Å². The molecule has 0 spiro atoms. The third kappa shape index (κ3) is 6.06. The van der Waals surface area contributed by atoms with Crippen molar-refractivity contribution >= 4 is 5.96 Å². The third-order valence-electron chi connectivity index (χ3n) is 3.89. The number of aromatic nitrogens is 1. The molecule has 2 aromatic rings. The highest BCUT2D eigenvalue weighted by Crippen LogP contribution is 2.38. The molecule has 0 saturated carbocycles. The Morgan fingerprint density at radius 1 is 1.11 bits per heavy atom. The van der Waals surface area contributed by atoms with Crippen LogP contribution in [0, 0.1) is 0 Å². The summed E-state index contributed by atoms with van der Waals surface area (Å²) in [6.45, 7) is 3.78. The highest BCUT2D eigenvalue weighted by atomic mass is 16.5. The molecule has 2 N–H and O–H groups in total. The van der Waals surface area contributed by atoms with E-state index < -0.39 is 0 Å². The summed E-state index contributed by atoms with van der Waals surface area (Å²) in [5.74, 6) is 2.62. The zero-order chi connectivity index (χ0) is 19.5. The Labute approximate surface area is 160 Å². The fourth-order valence-electron chi connectivity index (χ4n) is 2.58. The second-order valence-corrected chi connectivity index (χ2v) is 5.69. The second kappa shape index (κ2) is 10.9. The summed E-state index contributed by atoms with van der Waals surface area (Å²) in [6.07, 6.45) is 2.63. The van der Waals surface area contributed by atoms with Gasteiger partial charge in [-0.1, -0.05) is 6.07 Å². The van der Waals surface area contributed by atoms with Gasteiger partial charge >= 0.3 is 0 Å². The molecule has 0 aliphatic carbocycles. The first kappa shape index (κ1) is 20.4. The van der Waals surface area contributed by atoms with Crippen LogP contribution in [0.1, 0.15) is 18.2 Å². The summed E-state index contributed by atoms with van der Waals surface area (Å²) >= 11 is 0. The van der Waals surface area contributed by atoms with Gasteiger partial charge < -0.3 is 24.8 Å². The van der Waals surface area contributed by atoms with Crippen LogP contribution < -0.4 is 24.8 Å². The maximum absolute atomic E-state index is 5.63. The number of ether oxygens (including phenoxy) is 3. The highest BCUT2D eigenvalue weighted by molar-refractivity contribution is 5.79. The molecule has 0 aliphatic rings. The number of hydrogen-bond acceptors (Lipinski definition) is 5. The Balaban J connectivity index is 1.95. The normalized spacial score (nSPS) is 11.0. The fourth-order valence-corrected chi connectivity index (χ4v) is 2.58. The van der Waals surface area contributed by atoms with Gasteiger partial charge in [-0.2, -0.15) is 0 Å². The van der Waals surface area contributed by atoms with E-state index >= 15 is 0 Å². The van der Waals surface area contributed by atoms with Gasteiger partial charge in [-0.25, -0.2) is 0 Å². The van der Waals surface area contributed by atoms with E-state index in [2.05, 4.69) is 20.6 Å². The van der Waals surface area contributed by atoms with Crippen molar-refractivity contribution in [3.05, 3.63) is 47.8 Å². The Morgan fingerprint density at radius 2 is 1.85 bits per heavy atom. The van der Waals surface area contributed by atoms with E-state index in [9.17, 15) is 0 Å². The van der Waals surface area contributed by atoms with Crippen molar-refractivity contribution in [3.8, 4) is 17.2 Å². The van der Waals surface area contributed by atoms with Crippen LogP contribution in [-0.2, 0) is 13.0 Å². The predicted octanol–water partition coefficient (Wildman–Crippen LogP) is 2.41. The van der Waals surface area contributed by atoms with Crippen LogP contribution in [0.4, 0.5) is 0 Å². The molecule has 1 aromatic heterocycles. The molecule has 7 heteroatoms. The molecule has 27 heavy (non-hydrogen) atoms. The maximum atomic E-state index is 5.63. The van der Waals surface area contributed by atoms with E-state index in [0.29, 0.717) is 30.4 Å². The molecule has 146 valence electrons. The molecule has 2 rings (SSSR count). The number of rotatable bonds is 9. The van der Waals surface area contributed by atoms with Crippen LogP contribution in [0.5, 0.6) is 17.2 Å². The molecule has 0 bridgehead atoms. The minimum absolute atomic E-state index is 0.539. The summed E-state index contributed by atoms with van der Waals surface area (Å²) in [5.41, 5.74) is 2.04. The maximum Gasteiger partial charge on any atom is 0.203 e. The van der Waals surface area contributed by atoms with Crippen molar-refractivity contribution in [1.29, 1.82) is 0 Å². The Morgan fingerprint density at radius 3 is 2.41 bits per heavy atom. The zero-order valence-corrected chi connectivity index (χ0v) is 16.4. The lowest BCUT2D eigenvalue weighted by atomic mass is 10.2. The van der Waals surface area contributed by atoms with E-state index in [1.165, 1.54) is 0 Å². The van der Waals surface area contributed by atoms with Crippen LogP contribution in [-0.4, -0.2) is 45.4 Å². The van der Waals surface area contributed by atoms with Gasteiger partial charge in [0.05, 0.1) is 20.8 Å². The number of benzene rings is 1. The first-order valence-electron chi connectivity index (χ1n) is 8.93.